The first-order valence-corrected chi connectivity index (χ1v) is 6.72. The Hall–Kier alpha value is -1.55. The summed E-state index contributed by atoms with van der Waals surface area (Å²) in [5.74, 6) is 0.977. The van der Waals surface area contributed by atoms with E-state index in [4.69, 9.17) is 10.5 Å². The predicted octanol–water partition coefficient (Wildman–Crippen LogP) is 1.61. The molecule has 106 valence electrons. The van der Waals surface area contributed by atoms with Crippen LogP contribution in [0.2, 0.25) is 0 Å². The average Bonchev–Trinajstić information content (AvgIpc) is 2.44. The minimum atomic E-state index is 0.0908. The molecule has 0 bridgehead atoms. The number of ether oxygens (including phenoxy) is 1. The van der Waals surface area contributed by atoms with Crippen molar-refractivity contribution in [2.45, 2.75) is 26.2 Å². The molecular weight excluding hydrogens is 240 g/mol. The number of nitrogens with two attached hydrogens (primary N) is 1. The molecule has 1 aromatic rings. The van der Waals surface area contributed by atoms with Crippen LogP contribution in [-0.4, -0.2) is 38.1 Å². The Balaban J connectivity index is 2.68. The molecule has 0 radical (unpaired) electrons. The number of likely N-dealkylation sites (N-methyl/N-ethyl adjacent to an activating group) is 1. The number of carbonyl (C=O) groups is 1. The highest BCUT2D eigenvalue weighted by Crippen LogP contribution is 2.21. The van der Waals surface area contributed by atoms with Gasteiger partial charge < -0.3 is 15.4 Å². The van der Waals surface area contributed by atoms with Crippen molar-refractivity contribution in [2.75, 3.05) is 27.2 Å². The van der Waals surface area contributed by atoms with Gasteiger partial charge in [0.05, 0.1) is 7.11 Å². The van der Waals surface area contributed by atoms with Crippen molar-refractivity contribution in [3.05, 3.63) is 29.3 Å². The average molecular weight is 264 g/mol. The summed E-state index contributed by atoms with van der Waals surface area (Å²) in [6.45, 7) is 3.21. The standard InChI is InChI=1S/C15H24N2O2/c1-4-12-5-6-14(19-3)13(11-12)8-10-17(2)15(18)7-9-16/h5-6,11H,4,7-10,16H2,1-3H3. The van der Waals surface area contributed by atoms with E-state index in [0.29, 0.717) is 19.5 Å². The highest BCUT2D eigenvalue weighted by Gasteiger charge is 2.10. The van der Waals surface area contributed by atoms with Gasteiger partial charge in [0.15, 0.2) is 0 Å². The minimum absolute atomic E-state index is 0.0908. The molecule has 0 aliphatic carbocycles. The summed E-state index contributed by atoms with van der Waals surface area (Å²) < 4.78 is 5.36. The molecule has 0 saturated heterocycles. The van der Waals surface area contributed by atoms with Crippen LogP contribution in [0.25, 0.3) is 0 Å². The Labute approximate surface area is 115 Å². The number of nitrogens with zero attached hydrogens (tertiary/aromatic N) is 1. The summed E-state index contributed by atoms with van der Waals surface area (Å²) in [6.07, 6.45) is 2.20. The third-order valence-electron chi connectivity index (χ3n) is 3.25. The van der Waals surface area contributed by atoms with Crippen molar-refractivity contribution < 1.29 is 9.53 Å². The smallest absolute Gasteiger partial charge is 0.223 e. The monoisotopic (exact) mass is 264 g/mol. The molecule has 0 spiro atoms. The van der Waals surface area contributed by atoms with Crippen molar-refractivity contribution in [2.24, 2.45) is 5.73 Å². The van der Waals surface area contributed by atoms with Gasteiger partial charge in [0, 0.05) is 26.6 Å². The van der Waals surface area contributed by atoms with Gasteiger partial charge in [-0.1, -0.05) is 19.1 Å². The fourth-order valence-electron chi connectivity index (χ4n) is 1.97. The van der Waals surface area contributed by atoms with Crippen molar-refractivity contribution >= 4 is 5.91 Å². The lowest BCUT2D eigenvalue weighted by Crippen LogP contribution is -2.30. The SMILES string of the molecule is CCc1ccc(OC)c(CCN(C)C(=O)CCN)c1. The van der Waals surface area contributed by atoms with Gasteiger partial charge in [-0.25, -0.2) is 0 Å². The molecule has 1 amide bonds. The topological polar surface area (TPSA) is 55.6 Å². The van der Waals surface area contributed by atoms with E-state index in [2.05, 4.69) is 19.1 Å². The number of hydrogen-bond acceptors (Lipinski definition) is 3. The molecule has 0 aromatic heterocycles. The van der Waals surface area contributed by atoms with E-state index in [1.165, 1.54) is 5.56 Å². The van der Waals surface area contributed by atoms with Crippen LogP contribution in [0.4, 0.5) is 0 Å². The zero-order valence-corrected chi connectivity index (χ0v) is 12.1. The van der Waals surface area contributed by atoms with E-state index in [0.717, 1.165) is 24.2 Å². The highest BCUT2D eigenvalue weighted by molar-refractivity contribution is 5.76. The van der Waals surface area contributed by atoms with Crippen LogP contribution in [0, 0.1) is 0 Å². The Kier molecular flexibility index (Phi) is 6.36. The van der Waals surface area contributed by atoms with Crippen LogP contribution in [0.5, 0.6) is 5.75 Å². The summed E-state index contributed by atoms with van der Waals surface area (Å²) in [5.41, 5.74) is 7.82. The molecule has 0 atom stereocenters. The highest BCUT2D eigenvalue weighted by atomic mass is 16.5. The zero-order valence-electron chi connectivity index (χ0n) is 12.1. The maximum atomic E-state index is 11.7. The number of amides is 1. The van der Waals surface area contributed by atoms with Crippen molar-refractivity contribution in [3.8, 4) is 5.75 Å². The summed E-state index contributed by atoms with van der Waals surface area (Å²) in [7, 11) is 3.49. The van der Waals surface area contributed by atoms with Crippen molar-refractivity contribution in [1.29, 1.82) is 0 Å². The molecule has 2 N–H and O–H groups in total. The van der Waals surface area contributed by atoms with Gasteiger partial charge in [-0.05, 0) is 30.0 Å². The van der Waals surface area contributed by atoms with E-state index < -0.39 is 0 Å². The number of aryl methyl sites for hydroxylation is 1. The summed E-state index contributed by atoms with van der Waals surface area (Å²) in [4.78, 5) is 13.4. The van der Waals surface area contributed by atoms with Crippen LogP contribution in [0.1, 0.15) is 24.5 Å². The summed E-state index contributed by atoms with van der Waals surface area (Å²) in [5, 5.41) is 0. The fraction of sp³-hybridized carbons (Fsp3) is 0.533. The Morgan fingerprint density at radius 2 is 2.16 bits per heavy atom. The van der Waals surface area contributed by atoms with Gasteiger partial charge in [0.1, 0.15) is 5.75 Å². The largest absolute Gasteiger partial charge is 0.496 e. The van der Waals surface area contributed by atoms with Crippen LogP contribution in [0.3, 0.4) is 0 Å². The van der Waals surface area contributed by atoms with Gasteiger partial charge in [-0.15, -0.1) is 0 Å². The van der Waals surface area contributed by atoms with Gasteiger partial charge >= 0.3 is 0 Å². The molecular formula is C15H24N2O2. The van der Waals surface area contributed by atoms with Gasteiger partial charge in [-0.2, -0.15) is 0 Å². The maximum Gasteiger partial charge on any atom is 0.223 e. The van der Waals surface area contributed by atoms with E-state index in [9.17, 15) is 4.79 Å². The second-order valence-electron chi connectivity index (χ2n) is 4.60. The number of benzene rings is 1. The van der Waals surface area contributed by atoms with Gasteiger partial charge in [0.25, 0.3) is 0 Å². The van der Waals surface area contributed by atoms with E-state index in [1.54, 1.807) is 12.0 Å². The molecule has 1 aromatic carbocycles. The Morgan fingerprint density at radius 1 is 1.42 bits per heavy atom. The fourth-order valence-corrected chi connectivity index (χ4v) is 1.97. The van der Waals surface area contributed by atoms with E-state index in [-0.39, 0.29) is 5.91 Å². The predicted molar refractivity (Wildman–Crippen MR) is 77.4 cm³/mol. The number of carbonyl (C=O) groups excluding carboxylic acids is 1. The third kappa shape index (κ3) is 4.56. The number of hydrogen-bond donors (Lipinski definition) is 1. The molecule has 4 nitrogen and oxygen atoms in total. The zero-order chi connectivity index (χ0) is 14.3. The molecule has 0 fully saturated rings. The summed E-state index contributed by atoms with van der Waals surface area (Å²) >= 11 is 0. The van der Waals surface area contributed by atoms with Crippen LogP contribution in [-0.2, 0) is 17.6 Å². The molecule has 0 heterocycles. The second-order valence-corrected chi connectivity index (χ2v) is 4.60. The van der Waals surface area contributed by atoms with Crippen molar-refractivity contribution in [1.82, 2.24) is 4.90 Å². The Bertz CT molecular complexity index is 419. The summed E-state index contributed by atoms with van der Waals surface area (Å²) in [6, 6.07) is 6.22. The molecule has 0 aliphatic rings. The first-order valence-electron chi connectivity index (χ1n) is 6.72. The first-order chi connectivity index (χ1) is 9.12. The Morgan fingerprint density at radius 3 is 2.74 bits per heavy atom. The van der Waals surface area contributed by atoms with Crippen LogP contribution >= 0.6 is 0 Å². The normalized spacial score (nSPS) is 10.3. The van der Waals surface area contributed by atoms with Crippen LogP contribution < -0.4 is 10.5 Å². The quantitative estimate of drug-likeness (QED) is 0.814. The molecule has 19 heavy (non-hydrogen) atoms. The lowest BCUT2D eigenvalue weighted by atomic mass is 10.0. The van der Waals surface area contributed by atoms with Crippen LogP contribution in [0.15, 0.2) is 18.2 Å². The number of rotatable bonds is 7. The lowest BCUT2D eigenvalue weighted by molar-refractivity contribution is -0.129. The first kappa shape index (κ1) is 15.5. The third-order valence-corrected chi connectivity index (χ3v) is 3.25. The molecule has 0 saturated carbocycles. The van der Waals surface area contributed by atoms with Crippen molar-refractivity contribution in [3.63, 3.8) is 0 Å². The molecule has 1 rings (SSSR count). The lowest BCUT2D eigenvalue weighted by Gasteiger charge is -2.18. The molecule has 0 unspecified atom stereocenters. The number of methoxy groups -OCH3 is 1. The minimum Gasteiger partial charge on any atom is -0.496 e. The van der Waals surface area contributed by atoms with E-state index in [1.807, 2.05) is 13.1 Å². The van der Waals surface area contributed by atoms with Gasteiger partial charge in [0.2, 0.25) is 5.91 Å². The second kappa shape index (κ2) is 7.79. The maximum absolute atomic E-state index is 11.7. The molecule has 4 heteroatoms. The van der Waals surface area contributed by atoms with E-state index >= 15 is 0 Å². The van der Waals surface area contributed by atoms with Gasteiger partial charge in [-0.3, -0.25) is 4.79 Å². The molecule has 0 aliphatic heterocycles.